The van der Waals surface area contributed by atoms with Crippen LogP contribution in [-0.2, 0) is 24.5 Å². The van der Waals surface area contributed by atoms with E-state index in [2.05, 4.69) is 39.2 Å². The van der Waals surface area contributed by atoms with Crippen LogP contribution >= 0.6 is 0 Å². The van der Waals surface area contributed by atoms with Gasteiger partial charge >= 0.3 is 24.5 Å². The molecule has 1 atom stereocenters. The number of nitrogens with two attached hydrogens (primary N) is 1. The van der Waals surface area contributed by atoms with Crippen molar-refractivity contribution in [3.8, 4) is 5.75 Å². The molecule has 1 saturated heterocycles. The second-order valence-corrected chi connectivity index (χ2v) is 11.7. The highest BCUT2D eigenvalue weighted by molar-refractivity contribution is 5.99. The Morgan fingerprint density at radius 2 is 1.54 bits per heavy atom. The lowest BCUT2D eigenvalue weighted by Gasteiger charge is -2.43. The molecule has 48 heavy (non-hydrogen) atoms. The van der Waals surface area contributed by atoms with Crippen LogP contribution in [0.1, 0.15) is 42.4 Å². The SMILES string of the molecule is COC(=O)C1=C(N)NC(C)=C(C(=O)OCCN2CCC(c3ccccc3)(c3ccccc3)CC2)C1c1cccc(OC(F)(F)C(F)F)c1. The van der Waals surface area contributed by atoms with Gasteiger partial charge in [-0.2, -0.15) is 17.6 Å². The molecule has 0 bridgehead atoms. The minimum absolute atomic E-state index is 0.0202. The van der Waals surface area contributed by atoms with Crippen LogP contribution in [0.3, 0.4) is 0 Å². The number of methoxy groups -OCH3 is 1. The number of carbonyl (C=O) groups excluding carboxylic acids is 2. The Morgan fingerprint density at radius 3 is 2.10 bits per heavy atom. The average molecular weight is 668 g/mol. The summed E-state index contributed by atoms with van der Waals surface area (Å²) in [6, 6.07) is 25.6. The van der Waals surface area contributed by atoms with E-state index in [1.807, 2.05) is 36.4 Å². The van der Waals surface area contributed by atoms with E-state index in [-0.39, 0.29) is 40.2 Å². The monoisotopic (exact) mass is 667 g/mol. The molecule has 0 saturated carbocycles. The van der Waals surface area contributed by atoms with Crippen LogP contribution in [0.5, 0.6) is 5.75 Å². The summed E-state index contributed by atoms with van der Waals surface area (Å²) in [5.74, 6) is -3.62. The number of likely N-dealkylation sites (tertiary alicyclic amines) is 1. The number of dihydropyridines is 1. The zero-order valence-corrected chi connectivity index (χ0v) is 26.6. The number of alkyl halides is 4. The van der Waals surface area contributed by atoms with Gasteiger partial charge in [-0.15, -0.1) is 0 Å². The Morgan fingerprint density at radius 1 is 0.938 bits per heavy atom. The molecule has 3 N–H and O–H groups in total. The minimum atomic E-state index is -4.77. The van der Waals surface area contributed by atoms with Crippen molar-refractivity contribution in [1.29, 1.82) is 0 Å². The molecule has 2 aliphatic rings. The third kappa shape index (κ3) is 7.18. The second kappa shape index (κ2) is 14.5. The Hall–Kier alpha value is -4.84. The molecule has 1 unspecified atom stereocenters. The highest BCUT2D eigenvalue weighted by atomic mass is 19.3. The van der Waals surface area contributed by atoms with E-state index in [0.29, 0.717) is 6.54 Å². The normalized spacial score (nSPS) is 18.4. The van der Waals surface area contributed by atoms with Crippen molar-refractivity contribution in [2.24, 2.45) is 5.73 Å². The van der Waals surface area contributed by atoms with Crippen LogP contribution in [-0.4, -0.2) is 62.7 Å². The fraction of sp³-hybridized carbons (Fsp3) is 0.333. The Kier molecular flexibility index (Phi) is 10.4. The molecule has 12 heteroatoms. The van der Waals surface area contributed by atoms with Crippen LogP contribution in [0.2, 0.25) is 0 Å². The van der Waals surface area contributed by atoms with Crippen molar-refractivity contribution >= 4 is 11.9 Å². The molecule has 8 nitrogen and oxygen atoms in total. The van der Waals surface area contributed by atoms with E-state index in [1.165, 1.54) is 23.3 Å². The molecular weight excluding hydrogens is 630 g/mol. The fourth-order valence-electron chi connectivity index (χ4n) is 6.52. The molecule has 2 aliphatic heterocycles. The van der Waals surface area contributed by atoms with Gasteiger partial charge in [-0.05, 0) is 61.7 Å². The number of piperidine rings is 1. The van der Waals surface area contributed by atoms with Crippen molar-refractivity contribution in [2.45, 2.75) is 43.6 Å². The molecule has 1 fully saturated rings. The van der Waals surface area contributed by atoms with E-state index in [9.17, 15) is 27.2 Å². The van der Waals surface area contributed by atoms with Crippen LogP contribution in [0.25, 0.3) is 0 Å². The standard InChI is InChI=1S/C36H37F4N3O5/c1-23-28(29(30(31(41)42-23)32(44)46-2)24-10-9-15-27(22-24)48-36(39,40)34(37)38)33(45)47-21-20-43-18-16-35(17-19-43,25-11-5-3-6-12-25)26-13-7-4-8-14-26/h3-15,22,29,34,42H,16-21,41H2,1-2H3. The molecule has 2 heterocycles. The first-order chi connectivity index (χ1) is 23.0. The molecule has 0 aliphatic carbocycles. The molecule has 5 rings (SSSR count). The van der Waals surface area contributed by atoms with E-state index >= 15 is 0 Å². The molecule has 3 aromatic rings. The summed E-state index contributed by atoms with van der Waals surface area (Å²) in [4.78, 5) is 28.8. The summed E-state index contributed by atoms with van der Waals surface area (Å²) in [7, 11) is 1.12. The highest BCUT2D eigenvalue weighted by Gasteiger charge is 2.45. The van der Waals surface area contributed by atoms with E-state index < -0.39 is 36.1 Å². The number of rotatable bonds is 11. The second-order valence-electron chi connectivity index (χ2n) is 11.7. The molecule has 0 radical (unpaired) electrons. The third-order valence-corrected chi connectivity index (χ3v) is 8.92. The van der Waals surface area contributed by atoms with Gasteiger partial charge in [0.05, 0.1) is 24.2 Å². The maximum Gasteiger partial charge on any atom is 0.461 e. The third-order valence-electron chi connectivity index (χ3n) is 8.92. The number of hydrogen-bond acceptors (Lipinski definition) is 8. The van der Waals surface area contributed by atoms with Crippen molar-refractivity contribution in [3.63, 3.8) is 0 Å². The largest absolute Gasteiger partial charge is 0.466 e. The summed E-state index contributed by atoms with van der Waals surface area (Å²) in [6.07, 6.45) is -7.13. The Balaban J connectivity index is 1.32. The van der Waals surface area contributed by atoms with Gasteiger partial charge in [0.2, 0.25) is 0 Å². The van der Waals surface area contributed by atoms with Gasteiger partial charge in [0, 0.05) is 17.7 Å². The molecular formula is C36H37F4N3O5. The first-order valence-electron chi connectivity index (χ1n) is 15.5. The van der Waals surface area contributed by atoms with Crippen molar-refractivity contribution in [2.75, 3.05) is 33.4 Å². The lowest BCUT2D eigenvalue weighted by atomic mass is 9.68. The predicted octanol–water partition coefficient (Wildman–Crippen LogP) is 5.85. The van der Waals surface area contributed by atoms with Crippen molar-refractivity contribution in [3.05, 3.63) is 124 Å². The Bertz CT molecular complexity index is 1630. The fourth-order valence-corrected chi connectivity index (χ4v) is 6.52. The molecule has 254 valence electrons. The summed E-state index contributed by atoms with van der Waals surface area (Å²) >= 11 is 0. The summed E-state index contributed by atoms with van der Waals surface area (Å²) in [6.45, 7) is 3.55. The number of esters is 2. The smallest absolute Gasteiger partial charge is 0.461 e. The van der Waals surface area contributed by atoms with E-state index in [1.54, 1.807) is 6.92 Å². The molecule has 0 spiro atoms. The maximum absolute atomic E-state index is 13.7. The first kappa shape index (κ1) is 34.5. The maximum atomic E-state index is 13.7. The quantitative estimate of drug-likeness (QED) is 0.194. The summed E-state index contributed by atoms with van der Waals surface area (Å²) < 4.78 is 68.0. The predicted molar refractivity (Wildman–Crippen MR) is 170 cm³/mol. The number of benzene rings is 3. The topological polar surface area (TPSA) is 103 Å². The first-order valence-corrected chi connectivity index (χ1v) is 15.5. The zero-order chi connectivity index (χ0) is 34.5. The lowest BCUT2D eigenvalue weighted by Crippen LogP contribution is -2.44. The number of ether oxygens (including phenoxy) is 3. The Labute approximate surface area is 276 Å². The zero-order valence-electron chi connectivity index (χ0n) is 26.6. The van der Waals surface area contributed by atoms with Gasteiger partial charge in [0.1, 0.15) is 18.2 Å². The summed E-state index contributed by atoms with van der Waals surface area (Å²) in [5.41, 5.74) is 8.66. The average Bonchev–Trinajstić information content (AvgIpc) is 3.08. The van der Waals surface area contributed by atoms with Gasteiger partial charge < -0.3 is 25.3 Å². The van der Waals surface area contributed by atoms with Crippen LogP contribution < -0.4 is 15.8 Å². The molecule has 0 aromatic heterocycles. The van der Waals surface area contributed by atoms with Gasteiger partial charge in [-0.1, -0.05) is 72.8 Å². The van der Waals surface area contributed by atoms with Crippen molar-refractivity contribution < 1.29 is 41.4 Å². The number of hydrogen-bond donors (Lipinski definition) is 2. The lowest BCUT2D eigenvalue weighted by molar-refractivity contribution is -0.253. The van der Waals surface area contributed by atoms with Gasteiger partial charge in [0.15, 0.2) is 0 Å². The number of carbonyl (C=O) groups is 2. The van der Waals surface area contributed by atoms with Crippen LogP contribution in [0.4, 0.5) is 17.6 Å². The van der Waals surface area contributed by atoms with Gasteiger partial charge in [-0.3, -0.25) is 4.90 Å². The molecule has 0 amide bonds. The molecule has 3 aromatic carbocycles. The van der Waals surface area contributed by atoms with Gasteiger partial charge in [-0.25, -0.2) is 9.59 Å². The van der Waals surface area contributed by atoms with Crippen LogP contribution in [0.15, 0.2) is 108 Å². The number of nitrogens with zero attached hydrogens (tertiary/aromatic N) is 1. The highest BCUT2D eigenvalue weighted by Crippen LogP contribution is 2.42. The van der Waals surface area contributed by atoms with Gasteiger partial charge in [0.25, 0.3) is 0 Å². The number of halogens is 4. The number of allylic oxidation sites excluding steroid dienone is 1. The number of nitrogens with one attached hydrogen (secondary N) is 1. The van der Waals surface area contributed by atoms with Crippen molar-refractivity contribution in [1.82, 2.24) is 10.2 Å². The van der Waals surface area contributed by atoms with E-state index in [4.69, 9.17) is 15.2 Å². The minimum Gasteiger partial charge on any atom is -0.466 e. The van der Waals surface area contributed by atoms with E-state index in [0.717, 1.165) is 45.2 Å². The van der Waals surface area contributed by atoms with Crippen LogP contribution in [0, 0.1) is 0 Å². The summed E-state index contributed by atoms with van der Waals surface area (Å²) in [5, 5.41) is 2.80.